The van der Waals surface area contributed by atoms with Gasteiger partial charge in [0, 0.05) is 0 Å². The molecular weight excluding hydrogens is 271 g/mol. The Labute approximate surface area is 113 Å². The van der Waals surface area contributed by atoms with Gasteiger partial charge in [0.2, 0.25) is 5.82 Å². The van der Waals surface area contributed by atoms with Gasteiger partial charge in [0.25, 0.3) is 0 Å². The Kier molecular flexibility index (Phi) is 3.80. The van der Waals surface area contributed by atoms with Gasteiger partial charge in [0.15, 0.2) is 0 Å². The number of hydrogen-bond acceptors (Lipinski definition) is 3. The summed E-state index contributed by atoms with van der Waals surface area (Å²) in [6.45, 7) is 4.85. The molecule has 20 heavy (non-hydrogen) atoms. The largest absolute Gasteiger partial charge is 0.451 e. The maximum atomic E-state index is 12.8. The second-order valence-corrected chi connectivity index (χ2v) is 4.44. The van der Waals surface area contributed by atoms with E-state index in [1.807, 2.05) is 0 Å². The summed E-state index contributed by atoms with van der Waals surface area (Å²) in [5.41, 5.74) is 1.27. The quantitative estimate of drug-likeness (QED) is 0.942. The van der Waals surface area contributed by atoms with Gasteiger partial charge in [-0.25, -0.2) is 0 Å². The van der Waals surface area contributed by atoms with Crippen LogP contribution in [0.3, 0.4) is 0 Å². The molecule has 1 atom stereocenters. The lowest BCUT2D eigenvalue weighted by Gasteiger charge is -2.15. The summed E-state index contributed by atoms with van der Waals surface area (Å²) < 4.78 is 39.1. The second kappa shape index (κ2) is 5.24. The molecule has 7 heteroatoms. The van der Waals surface area contributed by atoms with Crippen LogP contribution in [-0.2, 0) is 12.7 Å². The lowest BCUT2D eigenvalue weighted by Crippen LogP contribution is -2.19. The molecule has 2 rings (SSSR count). The third-order valence-corrected chi connectivity index (χ3v) is 2.91. The molecule has 1 radical (unpaired) electrons. The Hall–Kier alpha value is -1.89. The maximum absolute atomic E-state index is 12.8. The Morgan fingerprint density at radius 2 is 1.85 bits per heavy atom. The number of aryl methyl sites for hydroxylation is 1. The van der Waals surface area contributed by atoms with Crippen LogP contribution in [0.5, 0.6) is 0 Å². The minimum atomic E-state index is -4.60. The number of rotatable bonds is 3. The summed E-state index contributed by atoms with van der Waals surface area (Å²) >= 11 is 0. The first-order valence-corrected chi connectivity index (χ1v) is 5.86. The van der Waals surface area contributed by atoms with Crippen LogP contribution in [0.15, 0.2) is 24.3 Å². The Morgan fingerprint density at radius 1 is 1.25 bits per heavy atom. The summed E-state index contributed by atoms with van der Waals surface area (Å²) in [5.74, 6) is -1.01. The molecule has 107 valence electrons. The van der Waals surface area contributed by atoms with E-state index in [4.69, 9.17) is 0 Å². The number of aliphatic hydroxyl groups excluding tert-OH is 1. The van der Waals surface area contributed by atoms with Crippen molar-refractivity contribution in [2.75, 3.05) is 0 Å². The summed E-state index contributed by atoms with van der Waals surface area (Å²) in [6, 6.07) is 6.62. The Bertz CT molecular complexity index is 590. The highest BCUT2D eigenvalue weighted by atomic mass is 19.4. The highest BCUT2D eigenvalue weighted by Gasteiger charge is 2.38. The SMILES string of the molecule is [CH2]c1ccc(C(O)Cn2c(C)nnc2C(F)(F)F)cc1. The maximum Gasteiger partial charge on any atom is 0.451 e. The zero-order chi connectivity index (χ0) is 14.9. The van der Waals surface area contributed by atoms with E-state index >= 15 is 0 Å². The molecule has 1 N–H and O–H groups in total. The summed E-state index contributed by atoms with van der Waals surface area (Å²) in [7, 11) is 0. The summed E-state index contributed by atoms with van der Waals surface area (Å²) in [6.07, 6.45) is -5.68. The first kappa shape index (κ1) is 14.5. The molecule has 1 aromatic heterocycles. The van der Waals surface area contributed by atoms with Crippen molar-refractivity contribution < 1.29 is 18.3 Å². The van der Waals surface area contributed by atoms with Crippen LogP contribution in [0, 0.1) is 13.8 Å². The number of alkyl halides is 3. The minimum Gasteiger partial charge on any atom is -0.387 e. The van der Waals surface area contributed by atoms with Gasteiger partial charge in [-0.1, -0.05) is 24.3 Å². The fourth-order valence-electron chi connectivity index (χ4n) is 1.83. The van der Waals surface area contributed by atoms with E-state index < -0.39 is 18.1 Å². The van der Waals surface area contributed by atoms with Gasteiger partial charge in [-0.15, -0.1) is 10.2 Å². The number of aliphatic hydroxyl groups is 1. The summed E-state index contributed by atoms with van der Waals surface area (Å²) in [5, 5.41) is 16.6. The van der Waals surface area contributed by atoms with E-state index in [9.17, 15) is 18.3 Å². The monoisotopic (exact) mass is 284 g/mol. The van der Waals surface area contributed by atoms with E-state index in [1.54, 1.807) is 24.3 Å². The van der Waals surface area contributed by atoms with Crippen molar-refractivity contribution in [1.82, 2.24) is 14.8 Å². The van der Waals surface area contributed by atoms with Crippen molar-refractivity contribution in [2.24, 2.45) is 0 Å². The normalized spacial score (nSPS) is 13.5. The van der Waals surface area contributed by atoms with E-state index in [0.717, 1.165) is 10.1 Å². The average molecular weight is 284 g/mol. The smallest absolute Gasteiger partial charge is 0.387 e. The predicted molar refractivity (Wildman–Crippen MR) is 65.6 cm³/mol. The molecule has 1 aromatic carbocycles. The van der Waals surface area contributed by atoms with Crippen LogP contribution in [0.25, 0.3) is 0 Å². The van der Waals surface area contributed by atoms with Gasteiger partial charge < -0.3 is 9.67 Å². The van der Waals surface area contributed by atoms with E-state index in [1.165, 1.54) is 6.92 Å². The molecule has 0 saturated heterocycles. The van der Waals surface area contributed by atoms with Crippen LogP contribution in [0.4, 0.5) is 13.2 Å². The van der Waals surface area contributed by atoms with Crippen molar-refractivity contribution in [3.8, 4) is 0 Å². The molecule has 0 bridgehead atoms. The van der Waals surface area contributed by atoms with Gasteiger partial charge in [0.05, 0.1) is 12.6 Å². The van der Waals surface area contributed by atoms with Crippen LogP contribution < -0.4 is 0 Å². The molecule has 0 saturated carbocycles. The van der Waals surface area contributed by atoms with Crippen LogP contribution in [0.2, 0.25) is 0 Å². The van der Waals surface area contributed by atoms with Crippen molar-refractivity contribution in [2.45, 2.75) is 25.7 Å². The van der Waals surface area contributed by atoms with Gasteiger partial charge in [0.1, 0.15) is 5.82 Å². The van der Waals surface area contributed by atoms with Crippen molar-refractivity contribution >= 4 is 0 Å². The highest BCUT2D eigenvalue weighted by molar-refractivity contribution is 5.25. The molecule has 1 heterocycles. The Morgan fingerprint density at radius 3 is 2.40 bits per heavy atom. The van der Waals surface area contributed by atoms with Crippen molar-refractivity contribution in [1.29, 1.82) is 0 Å². The molecule has 0 fully saturated rings. The third kappa shape index (κ3) is 2.98. The molecule has 0 amide bonds. The lowest BCUT2D eigenvalue weighted by atomic mass is 10.1. The number of benzene rings is 1. The fraction of sp³-hybridized carbons (Fsp3) is 0.308. The number of nitrogens with zero attached hydrogens (tertiary/aromatic N) is 3. The molecule has 1 unspecified atom stereocenters. The fourth-order valence-corrected chi connectivity index (χ4v) is 1.83. The average Bonchev–Trinajstić information content (AvgIpc) is 2.71. The summed E-state index contributed by atoms with van der Waals surface area (Å²) in [4.78, 5) is 0. The van der Waals surface area contributed by atoms with Gasteiger partial charge >= 0.3 is 6.18 Å². The van der Waals surface area contributed by atoms with Gasteiger partial charge in [-0.05, 0) is 25.0 Å². The molecule has 0 aliphatic carbocycles. The Balaban J connectivity index is 2.26. The number of aromatic nitrogens is 3. The molecule has 0 spiro atoms. The third-order valence-electron chi connectivity index (χ3n) is 2.91. The van der Waals surface area contributed by atoms with Crippen molar-refractivity contribution in [3.63, 3.8) is 0 Å². The zero-order valence-electron chi connectivity index (χ0n) is 10.7. The van der Waals surface area contributed by atoms with Crippen molar-refractivity contribution in [3.05, 3.63) is 54.0 Å². The molecular formula is C13H13F3N3O. The predicted octanol–water partition coefficient (Wildman–Crippen LogP) is 2.52. The topological polar surface area (TPSA) is 50.9 Å². The van der Waals surface area contributed by atoms with Gasteiger partial charge in [-0.3, -0.25) is 0 Å². The molecule has 2 aromatic rings. The first-order valence-electron chi connectivity index (χ1n) is 5.86. The molecule has 0 aliphatic heterocycles. The minimum absolute atomic E-state index is 0.102. The lowest BCUT2D eigenvalue weighted by molar-refractivity contribution is -0.148. The first-order chi connectivity index (χ1) is 9.29. The highest BCUT2D eigenvalue weighted by Crippen LogP contribution is 2.29. The van der Waals surface area contributed by atoms with Gasteiger partial charge in [-0.2, -0.15) is 13.2 Å². The van der Waals surface area contributed by atoms with Crippen LogP contribution in [-0.4, -0.2) is 19.9 Å². The zero-order valence-corrected chi connectivity index (χ0v) is 10.7. The number of halogens is 3. The molecule has 4 nitrogen and oxygen atoms in total. The van der Waals surface area contributed by atoms with E-state index in [-0.39, 0.29) is 12.4 Å². The second-order valence-electron chi connectivity index (χ2n) is 4.44. The van der Waals surface area contributed by atoms with Crippen LogP contribution >= 0.6 is 0 Å². The van der Waals surface area contributed by atoms with Crippen LogP contribution in [0.1, 0.15) is 28.9 Å². The van der Waals surface area contributed by atoms with E-state index in [0.29, 0.717) is 5.56 Å². The number of hydrogen-bond donors (Lipinski definition) is 1. The molecule has 0 aliphatic rings. The van der Waals surface area contributed by atoms with E-state index in [2.05, 4.69) is 17.1 Å². The standard InChI is InChI=1S/C13H13F3N3O/c1-8-3-5-10(6-4-8)11(20)7-19-9(2)17-18-12(19)13(14,15)16/h3-6,11,20H,1,7H2,2H3.